The quantitative estimate of drug-likeness (QED) is 0.711. The monoisotopic (exact) mass is 352 g/mol. The molecule has 7 heteroatoms. The molecule has 0 fully saturated rings. The zero-order valence-electron chi connectivity index (χ0n) is 13.4. The van der Waals surface area contributed by atoms with Gasteiger partial charge < -0.3 is 13.3 Å². The fraction of sp³-hybridized carbons (Fsp3) is 0.250. The molecule has 124 valence electrons. The van der Waals surface area contributed by atoms with Crippen molar-refractivity contribution in [2.75, 3.05) is 21.3 Å². The summed E-state index contributed by atoms with van der Waals surface area (Å²) in [5.74, 6) is -0.0568. The van der Waals surface area contributed by atoms with E-state index in [0.717, 1.165) is 5.19 Å². The van der Waals surface area contributed by atoms with Gasteiger partial charge in [-0.3, -0.25) is 0 Å². The molecule has 0 radical (unpaired) electrons. The summed E-state index contributed by atoms with van der Waals surface area (Å²) in [7, 11) is -1.65. The van der Waals surface area contributed by atoms with Gasteiger partial charge in [0.05, 0.1) is 10.6 Å². The van der Waals surface area contributed by atoms with E-state index in [-0.39, 0.29) is 5.75 Å². The fourth-order valence-electron chi connectivity index (χ4n) is 2.34. The Morgan fingerprint density at radius 2 is 1.35 bits per heavy atom. The maximum atomic E-state index is 12.4. The van der Waals surface area contributed by atoms with Crippen LogP contribution in [0.1, 0.15) is 5.56 Å². The molecule has 0 amide bonds. The second kappa shape index (κ2) is 7.37. The first-order valence-electron chi connectivity index (χ1n) is 7.00. The van der Waals surface area contributed by atoms with E-state index in [2.05, 4.69) is 0 Å². The largest absolute Gasteiger partial charge is 0.536 e. The molecule has 0 unspecified atom stereocenters. The molecule has 0 aliphatic heterocycles. The summed E-state index contributed by atoms with van der Waals surface area (Å²) in [4.78, 5) is 0.318. The van der Waals surface area contributed by atoms with Crippen LogP contribution in [0.2, 0.25) is 0 Å². The van der Waals surface area contributed by atoms with E-state index < -0.39 is 18.6 Å². The van der Waals surface area contributed by atoms with E-state index in [1.54, 1.807) is 54.6 Å². The van der Waals surface area contributed by atoms with Gasteiger partial charge in [0.2, 0.25) is 0 Å². The first kappa shape index (κ1) is 17.8. The molecule has 0 heterocycles. The predicted molar refractivity (Wildman–Crippen MR) is 90.2 cm³/mol. The number of rotatable bonds is 7. The molecule has 2 aromatic rings. The van der Waals surface area contributed by atoms with Crippen molar-refractivity contribution in [2.45, 2.75) is 10.6 Å². The normalized spacial score (nSPS) is 12.3. The molecular formula is C16H20O5SSi. The van der Waals surface area contributed by atoms with Crippen LogP contribution in [0.3, 0.4) is 0 Å². The van der Waals surface area contributed by atoms with Crippen molar-refractivity contribution in [3.63, 3.8) is 0 Å². The van der Waals surface area contributed by atoms with E-state index in [9.17, 15) is 8.42 Å². The maximum absolute atomic E-state index is 12.4. The first-order valence-corrected chi connectivity index (χ1v) is 10.4. The molecule has 0 aromatic heterocycles. The van der Waals surface area contributed by atoms with Crippen molar-refractivity contribution in [3.8, 4) is 0 Å². The molecular weight excluding hydrogens is 332 g/mol. The molecule has 2 aromatic carbocycles. The van der Waals surface area contributed by atoms with E-state index in [1.807, 2.05) is 0 Å². The van der Waals surface area contributed by atoms with Gasteiger partial charge >= 0.3 is 8.80 Å². The van der Waals surface area contributed by atoms with Crippen LogP contribution in [0.25, 0.3) is 0 Å². The van der Waals surface area contributed by atoms with Gasteiger partial charge in [0.15, 0.2) is 9.84 Å². The molecule has 0 aliphatic carbocycles. The van der Waals surface area contributed by atoms with Crippen molar-refractivity contribution in [1.82, 2.24) is 0 Å². The van der Waals surface area contributed by atoms with Gasteiger partial charge in [0, 0.05) is 26.5 Å². The zero-order valence-corrected chi connectivity index (χ0v) is 15.2. The van der Waals surface area contributed by atoms with Crippen molar-refractivity contribution < 1.29 is 21.7 Å². The van der Waals surface area contributed by atoms with E-state index >= 15 is 0 Å². The van der Waals surface area contributed by atoms with Crippen LogP contribution in [-0.4, -0.2) is 38.6 Å². The average molecular weight is 352 g/mol. The van der Waals surface area contributed by atoms with Gasteiger partial charge in [-0.15, -0.1) is 0 Å². The minimum Gasteiger partial charge on any atom is -0.373 e. The summed E-state index contributed by atoms with van der Waals surface area (Å²) in [5, 5.41) is 0.783. The summed E-state index contributed by atoms with van der Waals surface area (Å²) < 4.78 is 41.0. The summed E-state index contributed by atoms with van der Waals surface area (Å²) in [6, 6.07) is 15.5. The van der Waals surface area contributed by atoms with E-state index in [4.69, 9.17) is 13.3 Å². The molecule has 0 N–H and O–H groups in total. The Bertz CT molecular complexity index is 717. The molecule has 0 saturated carbocycles. The number of hydrogen-bond donors (Lipinski definition) is 0. The van der Waals surface area contributed by atoms with E-state index in [0.29, 0.717) is 10.5 Å². The van der Waals surface area contributed by atoms with Crippen molar-refractivity contribution in [3.05, 3.63) is 60.2 Å². The molecule has 0 atom stereocenters. The topological polar surface area (TPSA) is 61.8 Å². The summed E-state index contributed by atoms with van der Waals surface area (Å²) in [6.07, 6.45) is 0. The highest BCUT2D eigenvalue weighted by Gasteiger charge is 2.40. The Morgan fingerprint density at radius 1 is 0.826 bits per heavy atom. The highest BCUT2D eigenvalue weighted by atomic mass is 32.2. The molecule has 5 nitrogen and oxygen atoms in total. The van der Waals surface area contributed by atoms with Gasteiger partial charge in [0.25, 0.3) is 0 Å². The molecule has 23 heavy (non-hydrogen) atoms. The Balaban J connectivity index is 2.24. The molecule has 0 aliphatic rings. The second-order valence-corrected chi connectivity index (χ2v) is 9.84. The van der Waals surface area contributed by atoms with Crippen LogP contribution in [-0.2, 0) is 28.9 Å². The van der Waals surface area contributed by atoms with Gasteiger partial charge in [-0.1, -0.05) is 42.5 Å². The lowest BCUT2D eigenvalue weighted by Gasteiger charge is -2.24. The summed E-state index contributed by atoms with van der Waals surface area (Å²) in [5.41, 5.74) is 0.698. The lowest BCUT2D eigenvalue weighted by atomic mass is 10.2. The number of benzene rings is 2. The molecule has 2 rings (SSSR count). The Hall–Kier alpha value is -1.51. The fourth-order valence-corrected chi connectivity index (χ4v) is 5.49. The van der Waals surface area contributed by atoms with Gasteiger partial charge in [0.1, 0.15) is 0 Å². The lowest BCUT2D eigenvalue weighted by molar-refractivity contribution is 0.140. The minimum absolute atomic E-state index is 0.0568. The summed E-state index contributed by atoms with van der Waals surface area (Å²) >= 11 is 0. The highest BCUT2D eigenvalue weighted by Crippen LogP contribution is 2.16. The van der Waals surface area contributed by atoms with Crippen LogP contribution in [0.4, 0.5) is 0 Å². The van der Waals surface area contributed by atoms with Crippen molar-refractivity contribution in [1.29, 1.82) is 0 Å². The minimum atomic E-state index is -3.36. The number of hydrogen-bond acceptors (Lipinski definition) is 5. The molecule has 0 bridgehead atoms. The first-order chi connectivity index (χ1) is 11.0. The Labute approximate surface area is 138 Å². The lowest BCUT2D eigenvalue weighted by Crippen LogP contribution is -2.54. The van der Waals surface area contributed by atoms with Crippen LogP contribution in [0.5, 0.6) is 0 Å². The zero-order chi connectivity index (χ0) is 16.9. The van der Waals surface area contributed by atoms with Gasteiger partial charge in [-0.25, -0.2) is 8.42 Å². The third-order valence-electron chi connectivity index (χ3n) is 3.57. The van der Waals surface area contributed by atoms with Crippen molar-refractivity contribution >= 4 is 23.8 Å². The second-order valence-electron chi connectivity index (χ2n) is 4.94. The van der Waals surface area contributed by atoms with Gasteiger partial charge in [-0.05, 0) is 17.7 Å². The van der Waals surface area contributed by atoms with Crippen LogP contribution in [0.15, 0.2) is 59.5 Å². The van der Waals surface area contributed by atoms with E-state index in [1.165, 1.54) is 21.3 Å². The van der Waals surface area contributed by atoms with Gasteiger partial charge in [-0.2, -0.15) is 0 Å². The van der Waals surface area contributed by atoms with Crippen LogP contribution in [0, 0.1) is 0 Å². The SMILES string of the molecule is CO[Si](OC)(OC)c1ccc(CS(=O)(=O)c2ccccc2)cc1. The molecule has 0 spiro atoms. The Morgan fingerprint density at radius 3 is 1.83 bits per heavy atom. The van der Waals surface area contributed by atoms with Crippen LogP contribution >= 0.6 is 0 Å². The smallest absolute Gasteiger partial charge is 0.373 e. The Kier molecular flexibility index (Phi) is 5.72. The highest BCUT2D eigenvalue weighted by molar-refractivity contribution is 7.90. The van der Waals surface area contributed by atoms with Crippen LogP contribution < -0.4 is 5.19 Å². The third kappa shape index (κ3) is 3.88. The average Bonchev–Trinajstić information content (AvgIpc) is 2.59. The standard InChI is InChI=1S/C16H20O5SSi/c1-19-23(20-2,21-3)16-11-9-14(10-12-16)13-22(17,18)15-7-5-4-6-8-15/h4-12H,13H2,1-3H3. The third-order valence-corrected chi connectivity index (χ3v) is 7.93. The van der Waals surface area contributed by atoms with Crippen molar-refractivity contribution in [2.24, 2.45) is 0 Å². The maximum Gasteiger partial charge on any atom is 0.536 e. The number of sulfone groups is 1. The summed E-state index contributed by atoms with van der Waals surface area (Å²) in [6.45, 7) is 0. The molecule has 0 saturated heterocycles. The predicted octanol–water partition coefficient (Wildman–Crippen LogP) is 1.75.